The number of nitrogens with zero attached hydrogens (tertiary/aromatic N) is 1. The lowest BCUT2D eigenvalue weighted by Crippen LogP contribution is -3.16. The average molecular weight is 326 g/mol. The summed E-state index contributed by atoms with van der Waals surface area (Å²) in [6.07, 6.45) is 4.55. The van der Waals surface area contributed by atoms with Gasteiger partial charge >= 0.3 is 0 Å². The van der Waals surface area contributed by atoms with E-state index in [0.717, 1.165) is 18.5 Å². The zero-order chi connectivity index (χ0) is 14.9. The lowest BCUT2D eigenvalue weighted by molar-refractivity contribution is -0.914. The Labute approximate surface area is 143 Å². The van der Waals surface area contributed by atoms with Crippen LogP contribution in [-0.4, -0.2) is 19.1 Å². The first-order valence-corrected chi connectivity index (χ1v) is 8.30. The topological polar surface area (TPSA) is 40.3 Å². The molecule has 0 aromatic heterocycles. The molecule has 5 rings (SSSR count). The Balaban J connectivity index is 0.00000135. The minimum Gasteiger partial charge on any atom is -1.00 e. The van der Waals surface area contributed by atoms with Crippen LogP contribution >= 0.6 is 0 Å². The number of rotatable bonds is 0. The molecule has 3 aliphatic heterocycles. The maximum Gasteiger partial charge on any atom is 0.104 e. The summed E-state index contributed by atoms with van der Waals surface area (Å²) in [5.74, 6) is 0.340. The third-order valence-corrected chi connectivity index (χ3v) is 6.50. The van der Waals surface area contributed by atoms with Crippen molar-refractivity contribution in [3.05, 3.63) is 52.7 Å². The van der Waals surface area contributed by atoms with E-state index in [2.05, 4.69) is 48.7 Å². The Morgan fingerprint density at radius 2 is 2.22 bits per heavy atom. The molecule has 2 N–H and O–H groups in total. The highest BCUT2D eigenvalue weighted by atomic mass is 35.5. The van der Waals surface area contributed by atoms with Gasteiger partial charge in [0.1, 0.15) is 6.04 Å². The molecule has 3 heterocycles. The van der Waals surface area contributed by atoms with Crippen molar-refractivity contribution in [2.45, 2.75) is 31.2 Å². The van der Waals surface area contributed by atoms with Crippen molar-refractivity contribution in [1.29, 1.82) is 5.26 Å². The van der Waals surface area contributed by atoms with E-state index in [1.807, 2.05) is 0 Å². The molecule has 0 radical (unpaired) electrons. The van der Waals surface area contributed by atoms with Crippen LogP contribution in [0, 0.1) is 17.2 Å². The summed E-state index contributed by atoms with van der Waals surface area (Å²) >= 11 is 0. The van der Waals surface area contributed by atoms with Crippen LogP contribution in [0.3, 0.4) is 0 Å². The van der Waals surface area contributed by atoms with Crippen molar-refractivity contribution in [1.82, 2.24) is 0 Å². The van der Waals surface area contributed by atoms with Crippen LogP contribution in [0.4, 0.5) is 5.69 Å². The van der Waals surface area contributed by atoms with Crippen molar-refractivity contribution in [3.8, 4) is 6.07 Å². The van der Waals surface area contributed by atoms with Crippen LogP contribution in [0.25, 0.3) is 0 Å². The fourth-order valence-corrected chi connectivity index (χ4v) is 5.61. The number of fused-ring (bicyclic) bond motifs is 2. The molecular weight excluding hydrogens is 306 g/mol. The third-order valence-electron chi connectivity index (χ3n) is 6.50. The molecule has 2 bridgehead atoms. The van der Waals surface area contributed by atoms with Gasteiger partial charge in [-0.3, -0.25) is 0 Å². The molecule has 4 atom stereocenters. The molecule has 1 spiro atoms. The van der Waals surface area contributed by atoms with Crippen LogP contribution in [0.15, 0.2) is 47.2 Å². The number of nitriles is 1. The summed E-state index contributed by atoms with van der Waals surface area (Å²) in [6.45, 7) is 4.46. The number of halogens is 1. The minimum absolute atomic E-state index is 0. The van der Waals surface area contributed by atoms with Gasteiger partial charge in [-0.25, -0.2) is 0 Å². The molecule has 1 aliphatic carbocycles. The summed E-state index contributed by atoms with van der Waals surface area (Å²) in [5.41, 5.74) is 6.42. The third kappa shape index (κ3) is 1.58. The van der Waals surface area contributed by atoms with Crippen LogP contribution in [0.2, 0.25) is 0 Å². The van der Waals surface area contributed by atoms with E-state index in [0.29, 0.717) is 12.0 Å². The summed E-state index contributed by atoms with van der Waals surface area (Å²) in [7, 11) is 0. The fraction of sp³-hybridized carbons (Fsp3) is 0.421. The zero-order valence-corrected chi connectivity index (χ0v) is 14.0. The predicted octanol–water partition coefficient (Wildman–Crippen LogP) is -1.23. The molecule has 3 nitrogen and oxygen atoms in total. The fourth-order valence-electron chi connectivity index (χ4n) is 5.61. The zero-order valence-electron chi connectivity index (χ0n) is 13.2. The number of quaternary nitrogens is 1. The van der Waals surface area contributed by atoms with Gasteiger partial charge in [-0.2, -0.15) is 5.26 Å². The highest BCUT2D eigenvalue weighted by Gasteiger charge is 2.64. The number of para-hydroxylation sites is 1. The van der Waals surface area contributed by atoms with Crippen molar-refractivity contribution < 1.29 is 17.3 Å². The molecule has 2 fully saturated rings. The SMILES string of the molecule is CC=C1C[NH+]2CCC34C(=C(C#N)[C@H]1C[C@@H]23)Nc1ccccc14.[Cl-]. The van der Waals surface area contributed by atoms with E-state index >= 15 is 0 Å². The standard InChI is InChI=1S/C19H19N3.ClH/c1-2-12-11-22-8-7-19-15-5-3-4-6-16(15)21-18(19)14(10-20)13(12)9-17(19)22;/h2-6,13,17,21H,7-9,11H2,1H3;1H/t13-,17+,19?;/m0./s1. The van der Waals surface area contributed by atoms with Gasteiger partial charge < -0.3 is 22.6 Å². The Morgan fingerprint density at radius 1 is 1.39 bits per heavy atom. The summed E-state index contributed by atoms with van der Waals surface area (Å²) < 4.78 is 0. The molecule has 2 saturated heterocycles. The van der Waals surface area contributed by atoms with Crippen molar-refractivity contribution in [3.63, 3.8) is 0 Å². The van der Waals surface area contributed by atoms with Crippen molar-refractivity contribution in [2.75, 3.05) is 18.4 Å². The first kappa shape index (κ1) is 14.8. The van der Waals surface area contributed by atoms with Crippen LogP contribution in [-0.2, 0) is 5.41 Å². The van der Waals surface area contributed by atoms with Crippen LogP contribution in [0.5, 0.6) is 0 Å². The van der Waals surface area contributed by atoms with Gasteiger partial charge in [0, 0.05) is 30.1 Å². The summed E-state index contributed by atoms with van der Waals surface area (Å²) in [4.78, 5) is 1.72. The molecule has 1 aromatic rings. The maximum absolute atomic E-state index is 9.88. The number of allylic oxidation sites excluding steroid dienone is 2. The molecule has 23 heavy (non-hydrogen) atoms. The van der Waals surface area contributed by atoms with E-state index in [-0.39, 0.29) is 17.8 Å². The van der Waals surface area contributed by atoms with Crippen LogP contribution < -0.4 is 22.6 Å². The summed E-state index contributed by atoms with van der Waals surface area (Å²) in [6, 6.07) is 11.9. The highest BCUT2D eigenvalue weighted by molar-refractivity contribution is 5.72. The molecule has 4 heteroatoms. The number of hydrogen-bond donors (Lipinski definition) is 2. The number of benzene rings is 1. The van der Waals surface area contributed by atoms with Gasteiger partial charge in [0.2, 0.25) is 0 Å². The normalized spacial score (nSPS) is 37.6. The van der Waals surface area contributed by atoms with Gasteiger partial charge in [0.25, 0.3) is 0 Å². The van der Waals surface area contributed by atoms with Gasteiger partial charge in [-0.1, -0.05) is 24.3 Å². The van der Waals surface area contributed by atoms with E-state index in [4.69, 9.17) is 0 Å². The number of anilines is 1. The predicted molar refractivity (Wildman–Crippen MR) is 85.3 cm³/mol. The molecule has 1 aromatic carbocycles. The van der Waals surface area contributed by atoms with Crippen molar-refractivity contribution in [2.24, 2.45) is 5.92 Å². The lowest BCUT2D eigenvalue weighted by Gasteiger charge is -2.45. The van der Waals surface area contributed by atoms with Gasteiger partial charge in [0.15, 0.2) is 0 Å². The largest absolute Gasteiger partial charge is 1.00 e. The molecule has 4 aliphatic rings. The Morgan fingerprint density at radius 3 is 3.00 bits per heavy atom. The van der Waals surface area contributed by atoms with E-state index < -0.39 is 0 Å². The quantitative estimate of drug-likeness (QED) is 0.586. The number of piperidine rings is 1. The molecular formula is C19H20ClN3. The van der Waals surface area contributed by atoms with E-state index in [1.54, 1.807) is 4.90 Å². The first-order valence-electron chi connectivity index (χ1n) is 8.30. The molecule has 2 unspecified atom stereocenters. The van der Waals surface area contributed by atoms with Gasteiger partial charge in [-0.15, -0.1) is 0 Å². The maximum atomic E-state index is 9.88. The Hall–Kier alpha value is -1.76. The average Bonchev–Trinajstić information content (AvgIpc) is 3.11. The summed E-state index contributed by atoms with van der Waals surface area (Å²) in [5, 5.41) is 13.5. The Bertz CT molecular complexity index is 788. The molecule has 0 amide bonds. The molecule has 118 valence electrons. The second-order valence-corrected chi connectivity index (χ2v) is 7.08. The number of nitrogens with one attached hydrogen (secondary N) is 2. The van der Waals surface area contributed by atoms with Gasteiger partial charge in [0.05, 0.1) is 30.1 Å². The second-order valence-electron chi connectivity index (χ2n) is 7.08. The lowest BCUT2D eigenvalue weighted by atomic mass is 9.62. The monoisotopic (exact) mass is 325 g/mol. The van der Waals surface area contributed by atoms with Crippen LogP contribution in [0.1, 0.15) is 25.3 Å². The van der Waals surface area contributed by atoms with Crippen molar-refractivity contribution >= 4 is 5.69 Å². The highest BCUT2D eigenvalue weighted by Crippen LogP contribution is 2.56. The van der Waals surface area contributed by atoms with Gasteiger partial charge in [-0.05, 0) is 24.1 Å². The van der Waals surface area contributed by atoms with E-state index in [9.17, 15) is 5.26 Å². The molecule has 0 saturated carbocycles. The number of hydrogen-bond acceptors (Lipinski definition) is 2. The minimum atomic E-state index is 0. The smallest absolute Gasteiger partial charge is 0.104 e. The first-order chi connectivity index (χ1) is 10.8. The van der Waals surface area contributed by atoms with E-state index in [1.165, 1.54) is 35.5 Å². The Kier molecular flexibility index (Phi) is 3.13. The second kappa shape index (κ2) is 4.87.